The quantitative estimate of drug-likeness (QED) is 0.723. The third kappa shape index (κ3) is 6.08. The molecule has 1 unspecified atom stereocenters. The fourth-order valence-electron chi connectivity index (χ4n) is 1.98. The van der Waals surface area contributed by atoms with Gasteiger partial charge in [-0.3, -0.25) is 0 Å². The van der Waals surface area contributed by atoms with Crippen molar-refractivity contribution >= 4 is 6.03 Å². The van der Waals surface area contributed by atoms with Crippen molar-refractivity contribution in [3.05, 3.63) is 35.4 Å². The SMILES string of the molecule is CC(C)C(CCO)NC(=O)NCCc1cc(F)ccc1F. The summed E-state index contributed by atoms with van der Waals surface area (Å²) >= 11 is 0. The van der Waals surface area contributed by atoms with E-state index in [1.165, 1.54) is 0 Å². The smallest absolute Gasteiger partial charge is 0.315 e. The Bertz CT molecular complexity index is 467. The van der Waals surface area contributed by atoms with Crippen LogP contribution in [-0.4, -0.2) is 30.3 Å². The highest BCUT2D eigenvalue weighted by Crippen LogP contribution is 2.10. The summed E-state index contributed by atoms with van der Waals surface area (Å²) in [6.45, 7) is 4.10. The highest BCUT2D eigenvalue weighted by Gasteiger charge is 2.15. The molecule has 0 saturated carbocycles. The molecule has 1 aromatic rings. The Morgan fingerprint density at radius 1 is 1.33 bits per heavy atom. The number of hydrogen-bond donors (Lipinski definition) is 3. The average molecular weight is 300 g/mol. The molecule has 0 aliphatic rings. The molecule has 0 aliphatic carbocycles. The van der Waals surface area contributed by atoms with Crippen LogP contribution in [-0.2, 0) is 6.42 Å². The number of benzene rings is 1. The van der Waals surface area contributed by atoms with Crippen LogP contribution in [0.25, 0.3) is 0 Å². The van der Waals surface area contributed by atoms with Gasteiger partial charge in [0.15, 0.2) is 0 Å². The molecule has 0 bridgehead atoms. The second kappa shape index (κ2) is 8.56. The molecule has 0 aliphatic heterocycles. The molecule has 0 aromatic heterocycles. The summed E-state index contributed by atoms with van der Waals surface area (Å²) in [5, 5.41) is 14.3. The Kier molecular flexibility index (Phi) is 7.08. The Labute approximate surface area is 123 Å². The summed E-state index contributed by atoms with van der Waals surface area (Å²) in [7, 11) is 0. The monoisotopic (exact) mass is 300 g/mol. The van der Waals surface area contributed by atoms with Crippen molar-refractivity contribution in [1.29, 1.82) is 0 Å². The van der Waals surface area contributed by atoms with Gasteiger partial charge in [-0.05, 0) is 42.5 Å². The number of amides is 2. The molecule has 0 saturated heterocycles. The molecule has 1 aromatic carbocycles. The lowest BCUT2D eigenvalue weighted by atomic mass is 10.0. The van der Waals surface area contributed by atoms with Gasteiger partial charge in [-0.2, -0.15) is 0 Å². The predicted molar refractivity (Wildman–Crippen MR) is 76.9 cm³/mol. The first-order chi connectivity index (χ1) is 9.93. The molecular weight excluding hydrogens is 278 g/mol. The number of halogens is 2. The maximum atomic E-state index is 13.4. The predicted octanol–water partition coefficient (Wildman–Crippen LogP) is 2.21. The van der Waals surface area contributed by atoms with Gasteiger partial charge in [0.25, 0.3) is 0 Å². The van der Waals surface area contributed by atoms with Crippen LogP contribution in [0.3, 0.4) is 0 Å². The van der Waals surface area contributed by atoms with Gasteiger partial charge in [0, 0.05) is 19.2 Å². The van der Waals surface area contributed by atoms with Gasteiger partial charge >= 0.3 is 6.03 Å². The van der Waals surface area contributed by atoms with E-state index < -0.39 is 11.6 Å². The topological polar surface area (TPSA) is 61.4 Å². The first-order valence-corrected chi connectivity index (χ1v) is 7.03. The van der Waals surface area contributed by atoms with Crippen molar-refractivity contribution in [2.75, 3.05) is 13.2 Å². The minimum Gasteiger partial charge on any atom is -0.396 e. The van der Waals surface area contributed by atoms with Crippen LogP contribution in [0.1, 0.15) is 25.8 Å². The van der Waals surface area contributed by atoms with Gasteiger partial charge in [0.2, 0.25) is 0 Å². The van der Waals surface area contributed by atoms with Gasteiger partial charge in [0.05, 0.1) is 0 Å². The summed E-state index contributed by atoms with van der Waals surface area (Å²) < 4.78 is 26.4. The zero-order chi connectivity index (χ0) is 15.8. The van der Waals surface area contributed by atoms with E-state index in [-0.39, 0.29) is 43.1 Å². The Morgan fingerprint density at radius 3 is 2.67 bits per heavy atom. The van der Waals surface area contributed by atoms with Gasteiger partial charge in [-0.15, -0.1) is 0 Å². The third-order valence-electron chi connectivity index (χ3n) is 3.25. The van der Waals surface area contributed by atoms with E-state index in [0.717, 1.165) is 18.2 Å². The average Bonchev–Trinajstić information content (AvgIpc) is 2.42. The van der Waals surface area contributed by atoms with Crippen LogP contribution in [0.2, 0.25) is 0 Å². The number of carbonyl (C=O) groups is 1. The zero-order valence-electron chi connectivity index (χ0n) is 12.3. The number of aliphatic hydroxyl groups excluding tert-OH is 1. The first-order valence-electron chi connectivity index (χ1n) is 7.03. The largest absolute Gasteiger partial charge is 0.396 e. The van der Waals surface area contributed by atoms with Crippen molar-refractivity contribution < 1.29 is 18.7 Å². The molecule has 3 N–H and O–H groups in total. The second-order valence-electron chi connectivity index (χ2n) is 5.25. The molecule has 0 radical (unpaired) electrons. The van der Waals surface area contributed by atoms with Crippen molar-refractivity contribution in [3.63, 3.8) is 0 Å². The maximum absolute atomic E-state index is 13.4. The lowest BCUT2D eigenvalue weighted by Crippen LogP contribution is -2.45. The molecule has 21 heavy (non-hydrogen) atoms. The fraction of sp³-hybridized carbons (Fsp3) is 0.533. The number of carbonyl (C=O) groups excluding carboxylic acids is 1. The van der Waals surface area contributed by atoms with Crippen molar-refractivity contribution in [2.45, 2.75) is 32.7 Å². The van der Waals surface area contributed by atoms with Crippen LogP contribution in [0, 0.1) is 17.6 Å². The van der Waals surface area contributed by atoms with Crippen LogP contribution < -0.4 is 10.6 Å². The van der Waals surface area contributed by atoms with E-state index in [1.807, 2.05) is 13.8 Å². The molecule has 0 fully saturated rings. The van der Waals surface area contributed by atoms with E-state index in [9.17, 15) is 13.6 Å². The molecule has 118 valence electrons. The number of nitrogens with one attached hydrogen (secondary N) is 2. The minimum atomic E-state index is -0.501. The highest BCUT2D eigenvalue weighted by molar-refractivity contribution is 5.74. The number of rotatable bonds is 7. The van der Waals surface area contributed by atoms with Gasteiger partial charge in [0.1, 0.15) is 11.6 Å². The molecule has 0 spiro atoms. The lowest BCUT2D eigenvalue weighted by Gasteiger charge is -2.21. The lowest BCUT2D eigenvalue weighted by molar-refractivity contribution is 0.219. The summed E-state index contributed by atoms with van der Waals surface area (Å²) in [4.78, 5) is 11.7. The van der Waals surface area contributed by atoms with Crippen LogP contribution in [0.4, 0.5) is 13.6 Å². The summed E-state index contributed by atoms with van der Waals surface area (Å²) in [5.41, 5.74) is 0.228. The Morgan fingerprint density at radius 2 is 2.05 bits per heavy atom. The van der Waals surface area contributed by atoms with Gasteiger partial charge in [-0.25, -0.2) is 13.6 Å². The summed E-state index contributed by atoms with van der Waals surface area (Å²) in [6, 6.07) is 2.75. The number of urea groups is 1. The van der Waals surface area contributed by atoms with Crippen LogP contribution in [0.5, 0.6) is 0 Å². The molecule has 1 atom stereocenters. The third-order valence-corrected chi connectivity index (χ3v) is 3.25. The Hall–Kier alpha value is -1.69. The molecule has 2 amide bonds. The molecule has 6 heteroatoms. The first kappa shape index (κ1) is 17.4. The van der Waals surface area contributed by atoms with Crippen molar-refractivity contribution in [3.8, 4) is 0 Å². The van der Waals surface area contributed by atoms with Crippen LogP contribution >= 0.6 is 0 Å². The molecular formula is C15H22F2N2O2. The fourth-order valence-corrected chi connectivity index (χ4v) is 1.98. The van der Waals surface area contributed by atoms with E-state index in [2.05, 4.69) is 10.6 Å². The maximum Gasteiger partial charge on any atom is 0.315 e. The van der Waals surface area contributed by atoms with E-state index in [4.69, 9.17) is 5.11 Å². The van der Waals surface area contributed by atoms with Crippen molar-refractivity contribution in [2.24, 2.45) is 5.92 Å². The van der Waals surface area contributed by atoms with Crippen LogP contribution in [0.15, 0.2) is 18.2 Å². The van der Waals surface area contributed by atoms with Crippen molar-refractivity contribution in [1.82, 2.24) is 10.6 Å². The normalized spacial score (nSPS) is 12.3. The number of hydrogen-bond acceptors (Lipinski definition) is 2. The van der Waals surface area contributed by atoms with E-state index in [1.54, 1.807) is 0 Å². The standard InChI is InChI=1S/C15H22F2N2O2/c1-10(2)14(6-8-20)19-15(21)18-7-5-11-9-12(16)3-4-13(11)17/h3-4,9-10,14,20H,5-8H2,1-2H3,(H2,18,19,21). The molecule has 1 rings (SSSR count). The summed E-state index contributed by atoms with van der Waals surface area (Å²) in [5.74, 6) is -0.791. The Balaban J connectivity index is 2.41. The van der Waals surface area contributed by atoms with Gasteiger partial charge in [-0.1, -0.05) is 13.8 Å². The van der Waals surface area contributed by atoms with Gasteiger partial charge < -0.3 is 15.7 Å². The zero-order valence-corrected chi connectivity index (χ0v) is 12.3. The van der Waals surface area contributed by atoms with E-state index in [0.29, 0.717) is 6.42 Å². The summed E-state index contributed by atoms with van der Waals surface area (Å²) in [6.07, 6.45) is 0.687. The second-order valence-corrected chi connectivity index (χ2v) is 5.25. The highest BCUT2D eigenvalue weighted by atomic mass is 19.1. The van der Waals surface area contributed by atoms with E-state index >= 15 is 0 Å². The molecule has 4 nitrogen and oxygen atoms in total. The number of aliphatic hydroxyl groups is 1. The minimum absolute atomic E-state index is 0.00235. The molecule has 0 heterocycles.